The summed E-state index contributed by atoms with van der Waals surface area (Å²) < 4.78 is 37.9. The summed E-state index contributed by atoms with van der Waals surface area (Å²) in [5.41, 5.74) is 1.98. The van der Waals surface area contributed by atoms with Crippen molar-refractivity contribution in [3.63, 3.8) is 0 Å². The van der Waals surface area contributed by atoms with Gasteiger partial charge >= 0.3 is 11.9 Å². The molecule has 0 amide bonds. The van der Waals surface area contributed by atoms with Crippen LogP contribution in [-0.4, -0.2) is 80.3 Å². The van der Waals surface area contributed by atoms with Crippen molar-refractivity contribution in [1.29, 1.82) is 0 Å². The van der Waals surface area contributed by atoms with Crippen LogP contribution in [0.3, 0.4) is 0 Å². The SMILES string of the molecule is COc1ccc(Cc2c(O[C@]3(O)O[C@H](COC(=O)Cc4ccccc4)[C@@H](O)[C@H](O)[C@H]3O)nn(C(C)C)c2C)c(F)c1. The molecule has 0 radical (unpaired) electrons. The number of esters is 1. The largest absolute Gasteiger partial charge is 0.497 e. The minimum atomic E-state index is -2.90. The van der Waals surface area contributed by atoms with Gasteiger partial charge < -0.3 is 39.4 Å². The van der Waals surface area contributed by atoms with Crippen LogP contribution < -0.4 is 9.47 Å². The van der Waals surface area contributed by atoms with E-state index in [0.29, 0.717) is 22.6 Å². The van der Waals surface area contributed by atoms with Crippen molar-refractivity contribution in [3.8, 4) is 11.6 Å². The predicted octanol–water partition coefficient (Wildman–Crippen LogP) is 1.80. The van der Waals surface area contributed by atoms with E-state index in [-0.39, 0.29) is 30.3 Å². The van der Waals surface area contributed by atoms with Crippen molar-refractivity contribution in [2.45, 2.75) is 70.0 Å². The molecule has 2 aromatic carbocycles. The van der Waals surface area contributed by atoms with Crippen LogP contribution in [0.25, 0.3) is 0 Å². The van der Waals surface area contributed by atoms with Crippen molar-refractivity contribution in [2.24, 2.45) is 0 Å². The number of aliphatic hydroxyl groups excluding tert-OH is 3. The first kappa shape index (κ1) is 30.4. The van der Waals surface area contributed by atoms with Crippen LogP contribution in [0.2, 0.25) is 0 Å². The lowest BCUT2D eigenvalue weighted by Gasteiger charge is -2.44. The average Bonchev–Trinajstić information content (AvgIpc) is 3.24. The summed E-state index contributed by atoms with van der Waals surface area (Å²) in [6.45, 7) is 4.92. The van der Waals surface area contributed by atoms with E-state index in [1.165, 1.54) is 13.2 Å². The number of carbonyl (C=O) groups excluding carboxylic acids is 1. The normalized spacial score (nSPS) is 24.3. The van der Waals surface area contributed by atoms with E-state index in [2.05, 4.69) is 5.10 Å². The van der Waals surface area contributed by atoms with Gasteiger partial charge in [-0.15, -0.1) is 5.10 Å². The first-order chi connectivity index (χ1) is 19.4. The molecule has 0 unspecified atom stereocenters. The Hall–Kier alpha value is -3.55. The van der Waals surface area contributed by atoms with Gasteiger partial charge in [0.2, 0.25) is 5.88 Å². The maximum Gasteiger partial charge on any atom is 0.356 e. The molecule has 4 rings (SSSR count). The molecule has 1 aromatic heterocycles. The highest BCUT2D eigenvalue weighted by Crippen LogP contribution is 2.35. The fraction of sp³-hybridized carbons (Fsp3) is 0.448. The number of hydrogen-bond donors (Lipinski definition) is 4. The van der Waals surface area contributed by atoms with Crippen LogP contribution in [0.5, 0.6) is 11.6 Å². The average molecular weight is 575 g/mol. The fourth-order valence-electron chi connectivity index (χ4n) is 4.63. The molecule has 1 saturated heterocycles. The Bertz CT molecular complexity index is 1350. The first-order valence-electron chi connectivity index (χ1n) is 13.2. The third-order valence-electron chi connectivity index (χ3n) is 6.94. The molecule has 12 heteroatoms. The number of methoxy groups -OCH3 is 1. The highest BCUT2D eigenvalue weighted by Gasteiger charge is 2.56. The van der Waals surface area contributed by atoms with E-state index in [0.717, 1.165) is 0 Å². The maximum absolute atomic E-state index is 14.8. The first-order valence-corrected chi connectivity index (χ1v) is 13.2. The molecule has 5 atom stereocenters. The van der Waals surface area contributed by atoms with E-state index in [4.69, 9.17) is 18.9 Å². The number of nitrogens with zero attached hydrogens (tertiary/aromatic N) is 2. The zero-order valence-electron chi connectivity index (χ0n) is 23.2. The zero-order chi connectivity index (χ0) is 29.9. The topological polar surface area (TPSA) is 153 Å². The predicted molar refractivity (Wildman–Crippen MR) is 143 cm³/mol. The van der Waals surface area contributed by atoms with Crippen LogP contribution in [-0.2, 0) is 27.1 Å². The van der Waals surface area contributed by atoms with Crippen LogP contribution >= 0.6 is 0 Å². The number of rotatable bonds is 10. The second kappa shape index (κ2) is 12.5. The lowest BCUT2D eigenvalue weighted by atomic mass is 9.97. The molecule has 1 fully saturated rings. The summed E-state index contributed by atoms with van der Waals surface area (Å²) in [7, 11) is 1.43. The number of ether oxygens (including phenoxy) is 4. The molecule has 222 valence electrons. The Kier molecular flexibility index (Phi) is 9.30. The molecule has 0 saturated carbocycles. The second-order valence-electron chi connectivity index (χ2n) is 10.2. The summed E-state index contributed by atoms with van der Waals surface area (Å²) >= 11 is 0. The minimum absolute atomic E-state index is 0.00158. The van der Waals surface area contributed by atoms with E-state index >= 15 is 0 Å². The Morgan fingerprint density at radius 2 is 1.85 bits per heavy atom. The van der Waals surface area contributed by atoms with Crippen molar-refractivity contribution in [1.82, 2.24) is 9.78 Å². The van der Waals surface area contributed by atoms with E-state index in [1.54, 1.807) is 54.1 Å². The third kappa shape index (κ3) is 6.68. The standard InChI is InChI=1S/C29H35FN2O9/c1-16(2)32-17(3)21(13-19-10-11-20(38-4)14-22(19)30)28(31-32)41-29(37)27(36)26(35)25(34)23(40-29)15-39-24(33)12-18-8-6-5-7-9-18/h5-11,14,16,23,25-27,34-37H,12-13,15H2,1-4H3/t23-,25-,26+,27-,29-/m1/s1. The minimum Gasteiger partial charge on any atom is -0.497 e. The van der Waals surface area contributed by atoms with Crippen LogP contribution in [0.1, 0.15) is 42.3 Å². The Balaban J connectivity index is 1.57. The maximum atomic E-state index is 14.8. The number of halogens is 1. The van der Waals surface area contributed by atoms with Gasteiger partial charge in [0, 0.05) is 29.8 Å². The van der Waals surface area contributed by atoms with Crippen molar-refractivity contribution in [3.05, 3.63) is 76.7 Å². The van der Waals surface area contributed by atoms with Gasteiger partial charge in [-0.2, -0.15) is 0 Å². The number of benzene rings is 2. The zero-order valence-corrected chi connectivity index (χ0v) is 23.2. The summed E-state index contributed by atoms with van der Waals surface area (Å²) in [5.74, 6) is -3.90. The molecule has 0 aliphatic carbocycles. The van der Waals surface area contributed by atoms with Gasteiger partial charge in [0.25, 0.3) is 0 Å². The van der Waals surface area contributed by atoms with Gasteiger partial charge in [-0.1, -0.05) is 36.4 Å². The quantitative estimate of drug-likeness (QED) is 0.208. The molecule has 4 N–H and O–H groups in total. The summed E-state index contributed by atoms with van der Waals surface area (Å²) in [4.78, 5) is 12.3. The van der Waals surface area contributed by atoms with Gasteiger partial charge in [-0.25, -0.2) is 4.39 Å². The molecular weight excluding hydrogens is 539 g/mol. The summed E-state index contributed by atoms with van der Waals surface area (Å²) in [6, 6.07) is 13.1. The Morgan fingerprint density at radius 1 is 1.15 bits per heavy atom. The van der Waals surface area contributed by atoms with Crippen molar-refractivity contribution in [2.75, 3.05) is 13.7 Å². The van der Waals surface area contributed by atoms with Crippen LogP contribution in [0, 0.1) is 12.7 Å². The molecule has 0 spiro atoms. The number of hydrogen-bond acceptors (Lipinski definition) is 10. The fourth-order valence-corrected chi connectivity index (χ4v) is 4.63. The smallest absolute Gasteiger partial charge is 0.356 e. The van der Waals surface area contributed by atoms with Crippen LogP contribution in [0.4, 0.5) is 4.39 Å². The van der Waals surface area contributed by atoms with E-state index in [9.17, 15) is 29.6 Å². The van der Waals surface area contributed by atoms with E-state index < -0.39 is 48.8 Å². The molecule has 41 heavy (non-hydrogen) atoms. The van der Waals surface area contributed by atoms with Gasteiger partial charge in [0.15, 0.2) is 6.10 Å². The van der Waals surface area contributed by atoms with Crippen molar-refractivity contribution >= 4 is 5.97 Å². The third-order valence-corrected chi connectivity index (χ3v) is 6.94. The van der Waals surface area contributed by atoms with Gasteiger partial charge in [0.05, 0.1) is 13.5 Å². The van der Waals surface area contributed by atoms with E-state index in [1.807, 2.05) is 13.8 Å². The summed E-state index contributed by atoms with van der Waals surface area (Å²) in [6.07, 6.45) is -7.30. The highest BCUT2D eigenvalue weighted by molar-refractivity contribution is 5.72. The molecule has 3 aromatic rings. The monoisotopic (exact) mass is 574 g/mol. The molecule has 2 heterocycles. The molecule has 1 aliphatic rings. The number of carbonyl (C=O) groups is 1. The second-order valence-corrected chi connectivity index (χ2v) is 10.2. The van der Waals surface area contributed by atoms with Crippen molar-refractivity contribution < 1.29 is 48.6 Å². The lowest BCUT2D eigenvalue weighted by molar-refractivity contribution is -0.423. The number of aliphatic hydroxyl groups is 4. The molecule has 1 aliphatic heterocycles. The van der Waals surface area contributed by atoms with Gasteiger partial charge in [0.1, 0.15) is 36.5 Å². The van der Waals surface area contributed by atoms with Crippen LogP contribution in [0.15, 0.2) is 48.5 Å². The van der Waals surface area contributed by atoms with Gasteiger partial charge in [-0.3, -0.25) is 9.48 Å². The molecular formula is C29H35FN2O9. The highest BCUT2D eigenvalue weighted by atomic mass is 19.1. The van der Waals surface area contributed by atoms with Gasteiger partial charge in [-0.05, 0) is 38.0 Å². The lowest BCUT2D eigenvalue weighted by Crippen LogP contribution is -2.67. The summed E-state index contributed by atoms with van der Waals surface area (Å²) in [5, 5.41) is 47.3. The molecule has 11 nitrogen and oxygen atoms in total. The molecule has 0 bridgehead atoms. The Labute approximate surface area is 236 Å². The number of aromatic nitrogens is 2. The Morgan fingerprint density at radius 3 is 2.49 bits per heavy atom.